The Morgan fingerprint density at radius 1 is 1.07 bits per heavy atom. The van der Waals surface area contributed by atoms with E-state index in [1.165, 1.54) is 11.1 Å². The van der Waals surface area contributed by atoms with Gasteiger partial charge in [-0.2, -0.15) is 5.10 Å². The predicted molar refractivity (Wildman–Crippen MR) is 162 cm³/mol. The van der Waals surface area contributed by atoms with E-state index in [0.717, 1.165) is 34.4 Å². The monoisotopic (exact) mass is 551 g/mol. The lowest BCUT2D eigenvalue weighted by molar-refractivity contribution is 0.0946. The number of fused-ring (bicyclic) bond motifs is 2. The van der Waals surface area contributed by atoms with Crippen LogP contribution in [0.1, 0.15) is 69.3 Å². The highest BCUT2D eigenvalue weighted by Crippen LogP contribution is 2.36. The lowest BCUT2D eigenvalue weighted by atomic mass is 9.85. The fourth-order valence-corrected chi connectivity index (χ4v) is 5.23. The van der Waals surface area contributed by atoms with Crippen molar-refractivity contribution < 1.29 is 14.3 Å². The Hall–Kier alpha value is -4.59. The van der Waals surface area contributed by atoms with Crippen LogP contribution in [0.25, 0.3) is 11.3 Å². The zero-order valence-corrected chi connectivity index (χ0v) is 24.5. The second-order valence-electron chi connectivity index (χ2n) is 11.7. The van der Waals surface area contributed by atoms with Crippen LogP contribution < -0.4 is 21.1 Å². The van der Waals surface area contributed by atoms with Gasteiger partial charge in [-0.3, -0.25) is 9.59 Å². The largest absolute Gasteiger partial charge is 0.496 e. The number of carbonyl (C=O) groups is 2. The van der Waals surface area contributed by atoms with Crippen molar-refractivity contribution in [3.05, 3.63) is 93.5 Å². The number of amides is 2. The molecule has 4 N–H and O–H groups in total. The molecule has 0 atom stereocenters. The highest BCUT2D eigenvalue weighted by molar-refractivity contribution is 6.04. The van der Waals surface area contributed by atoms with Gasteiger partial charge in [0.05, 0.1) is 12.7 Å². The molecule has 2 heterocycles. The molecule has 0 saturated carbocycles. The topological polar surface area (TPSA) is 111 Å². The van der Waals surface area contributed by atoms with Crippen LogP contribution in [0.5, 0.6) is 5.75 Å². The van der Waals surface area contributed by atoms with Crippen LogP contribution in [0.3, 0.4) is 0 Å². The van der Waals surface area contributed by atoms with E-state index >= 15 is 0 Å². The van der Waals surface area contributed by atoms with Crippen molar-refractivity contribution in [1.29, 1.82) is 0 Å². The summed E-state index contributed by atoms with van der Waals surface area (Å²) in [4.78, 5) is 25.6. The molecule has 1 aliphatic rings. The molecule has 5 rings (SSSR count). The molecule has 2 amide bonds. The minimum Gasteiger partial charge on any atom is -0.496 e. The number of hydrogen-bond donors (Lipinski definition) is 3. The molecule has 0 bridgehead atoms. The summed E-state index contributed by atoms with van der Waals surface area (Å²) in [6, 6.07) is 17.8. The van der Waals surface area contributed by atoms with Gasteiger partial charge in [0.1, 0.15) is 22.8 Å². The summed E-state index contributed by atoms with van der Waals surface area (Å²) in [6.07, 6.45) is 0.780. The van der Waals surface area contributed by atoms with Crippen molar-refractivity contribution >= 4 is 23.3 Å². The summed E-state index contributed by atoms with van der Waals surface area (Å²) in [6.45, 7) is 11.5. The fraction of sp³-hybridized carbons (Fsp3) is 0.303. The highest BCUT2D eigenvalue weighted by Gasteiger charge is 2.27. The molecule has 0 saturated heterocycles. The Balaban J connectivity index is 1.40. The van der Waals surface area contributed by atoms with Gasteiger partial charge >= 0.3 is 0 Å². The first-order chi connectivity index (χ1) is 19.5. The minimum absolute atomic E-state index is 0.0425. The van der Waals surface area contributed by atoms with Gasteiger partial charge in [0.2, 0.25) is 0 Å². The second-order valence-corrected chi connectivity index (χ2v) is 11.7. The highest BCUT2D eigenvalue weighted by atomic mass is 16.5. The van der Waals surface area contributed by atoms with E-state index in [9.17, 15) is 9.59 Å². The number of methoxy groups -OCH3 is 1. The Labute approximate surface area is 240 Å². The molecule has 3 aromatic carbocycles. The number of primary amides is 1. The SMILES string of the molecule is COc1cc(C)ccc1C(=O)NCc1ccc(-c2nn3c(c2C(N)=O)Nc2ccc(C(C)(C)C)cc2CC3)cc1C. The molecule has 1 aliphatic heterocycles. The van der Waals surface area contributed by atoms with E-state index in [0.29, 0.717) is 41.5 Å². The minimum atomic E-state index is -0.537. The molecule has 0 radical (unpaired) electrons. The van der Waals surface area contributed by atoms with E-state index in [1.54, 1.807) is 13.2 Å². The molecule has 8 nitrogen and oxygen atoms in total. The number of benzene rings is 3. The van der Waals surface area contributed by atoms with Gasteiger partial charge in [0.15, 0.2) is 0 Å². The Morgan fingerprint density at radius 2 is 1.85 bits per heavy atom. The van der Waals surface area contributed by atoms with Crippen molar-refractivity contribution in [2.75, 3.05) is 12.4 Å². The zero-order chi connectivity index (χ0) is 29.5. The summed E-state index contributed by atoms with van der Waals surface area (Å²) in [7, 11) is 1.56. The average molecular weight is 552 g/mol. The number of carbonyl (C=O) groups excluding carboxylic acids is 2. The predicted octanol–water partition coefficient (Wildman–Crippen LogP) is 5.80. The van der Waals surface area contributed by atoms with E-state index in [-0.39, 0.29) is 11.3 Å². The first-order valence-electron chi connectivity index (χ1n) is 13.8. The molecular formula is C33H37N5O3. The smallest absolute Gasteiger partial charge is 0.255 e. The van der Waals surface area contributed by atoms with Crippen LogP contribution in [0.2, 0.25) is 0 Å². The lowest BCUT2D eigenvalue weighted by Gasteiger charge is -2.21. The average Bonchev–Trinajstić information content (AvgIpc) is 3.19. The molecule has 8 heteroatoms. The molecule has 0 aliphatic carbocycles. The van der Waals surface area contributed by atoms with Gasteiger partial charge in [0.25, 0.3) is 11.8 Å². The normalized spacial score (nSPS) is 12.5. The number of nitrogens with one attached hydrogen (secondary N) is 2. The van der Waals surface area contributed by atoms with Crippen LogP contribution in [0.15, 0.2) is 54.6 Å². The maximum absolute atomic E-state index is 12.9. The number of ether oxygens (including phenoxy) is 1. The Bertz CT molecular complexity index is 1660. The van der Waals surface area contributed by atoms with Crippen LogP contribution in [-0.4, -0.2) is 28.7 Å². The van der Waals surface area contributed by atoms with E-state index in [4.69, 9.17) is 15.6 Å². The summed E-state index contributed by atoms with van der Waals surface area (Å²) in [5.74, 6) is 0.402. The summed E-state index contributed by atoms with van der Waals surface area (Å²) < 4.78 is 7.22. The number of hydrogen-bond acceptors (Lipinski definition) is 5. The molecule has 0 fully saturated rings. The molecule has 1 aromatic heterocycles. The van der Waals surface area contributed by atoms with E-state index < -0.39 is 5.91 Å². The van der Waals surface area contributed by atoms with Crippen molar-refractivity contribution in [1.82, 2.24) is 15.1 Å². The number of aryl methyl sites for hydroxylation is 4. The number of anilines is 2. The van der Waals surface area contributed by atoms with Crippen molar-refractivity contribution in [2.24, 2.45) is 5.73 Å². The summed E-state index contributed by atoms with van der Waals surface area (Å²) >= 11 is 0. The summed E-state index contributed by atoms with van der Waals surface area (Å²) in [5.41, 5.74) is 14.5. The molecule has 0 spiro atoms. The van der Waals surface area contributed by atoms with Crippen LogP contribution >= 0.6 is 0 Å². The van der Waals surface area contributed by atoms with Crippen LogP contribution in [0.4, 0.5) is 11.5 Å². The van der Waals surface area contributed by atoms with Gasteiger partial charge in [-0.05, 0) is 77.8 Å². The third-order valence-electron chi connectivity index (χ3n) is 7.67. The molecular weight excluding hydrogens is 514 g/mol. The standard InChI is InChI=1S/C33H37N5O3/c1-19-7-11-25(27(15-19)41-6)32(40)35-18-23-9-8-22(16-20(23)2)29-28(30(34)39)31-36-26-12-10-24(33(3,4)5)17-21(26)13-14-38(31)37-29/h7-12,15-17,36H,13-14,18H2,1-6H3,(H2,34,39)(H,35,40). The van der Waals surface area contributed by atoms with Gasteiger partial charge < -0.3 is 21.1 Å². The fourth-order valence-electron chi connectivity index (χ4n) is 5.23. The molecule has 4 aromatic rings. The molecule has 212 valence electrons. The third-order valence-corrected chi connectivity index (χ3v) is 7.67. The summed E-state index contributed by atoms with van der Waals surface area (Å²) in [5, 5.41) is 11.3. The van der Waals surface area contributed by atoms with Crippen LogP contribution in [-0.2, 0) is 24.9 Å². The number of rotatable bonds is 6. The quantitative estimate of drug-likeness (QED) is 0.280. The van der Waals surface area contributed by atoms with Gasteiger partial charge in [-0.1, -0.05) is 51.1 Å². The maximum atomic E-state index is 12.9. The third kappa shape index (κ3) is 5.55. The Morgan fingerprint density at radius 3 is 2.54 bits per heavy atom. The number of nitrogens with zero attached hydrogens (tertiary/aromatic N) is 2. The zero-order valence-electron chi connectivity index (χ0n) is 24.5. The first-order valence-corrected chi connectivity index (χ1v) is 13.8. The lowest BCUT2D eigenvalue weighted by Crippen LogP contribution is -2.23. The van der Waals surface area contributed by atoms with Crippen molar-refractivity contribution in [3.8, 4) is 17.0 Å². The van der Waals surface area contributed by atoms with Crippen molar-refractivity contribution in [2.45, 2.75) is 59.5 Å². The van der Waals surface area contributed by atoms with Crippen molar-refractivity contribution in [3.63, 3.8) is 0 Å². The number of aromatic nitrogens is 2. The van der Waals surface area contributed by atoms with E-state index in [2.05, 4.69) is 49.6 Å². The van der Waals surface area contributed by atoms with Gasteiger partial charge in [0, 0.05) is 24.3 Å². The Kier molecular flexibility index (Phi) is 7.34. The molecule has 41 heavy (non-hydrogen) atoms. The number of nitrogens with two attached hydrogens (primary N) is 1. The van der Waals surface area contributed by atoms with E-state index in [1.807, 2.05) is 48.9 Å². The van der Waals surface area contributed by atoms with Crippen LogP contribution in [0, 0.1) is 13.8 Å². The second kappa shape index (κ2) is 10.8. The van der Waals surface area contributed by atoms with Gasteiger partial charge in [-0.15, -0.1) is 0 Å². The maximum Gasteiger partial charge on any atom is 0.255 e. The first kappa shape index (κ1) is 28.0. The van der Waals surface area contributed by atoms with Gasteiger partial charge in [-0.25, -0.2) is 4.68 Å². The molecule has 0 unspecified atom stereocenters.